The molecule has 1 heterocycles. The van der Waals surface area contributed by atoms with Crippen LogP contribution in [0, 0.1) is 0 Å². The van der Waals surface area contributed by atoms with Gasteiger partial charge >= 0.3 is 12.6 Å². The van der Waals surface area contributed by atoms with E-state index in [4.69, 9.17) is 13.9 Å². The molecule has 0 N–H and O–H groups in total. The van der Waals surface area contributed by atoms with E-state index in [0.717, 1.165) is 6.07 Å². The average molecular weight is 376 g/mol. The van der Waals surface area contributed by atoms with Crippen molar-refractivity contribution in [2.75, 3.05) is 7.11 Å². The largest absolute Gasteiger partial charge is 0.493 e. The van der Waals surface area contributed by atoms with Crippen LogP contribution in [0.15, 0.2) is 57.7 Å². The highest BCUT2D eigenvalue weighted by atomic mass is 19.3. The number of alkyl halides is 2. The SMILES string of the molecule is COc1cc(COC(=O)c2cc(=O)c3ccccc3o2)ccc1OC(F)F. The van der Waals surface area contributed by atoms with Gasteiger partial charge in [0.1, 0.15) is 12.2 Å². The Morgan fingerprint density at radius 2 is 1.89 bits per heavy atom. The van der Waals surface area contributed by atoms with Gasteiger partial charge in [0.2, 0.25) is 5.76 Å². The molecule has 27 heavy (non-hydrogen) atoms. The van der Waals surface area contributed by atoms with Crippen molar-refractivity contribution < 1.29 is 32.2 Å². The van der Waals surface area contributed by atoms with Gasteiger partial charge in [0.25, 0.3) is 0 Å². The smallest absolute Gasteiger partial charge is 0.387 e. The standard InChI is InChI=1S/C19H14F2O6/c1-24-16-8-11(6-7-15(16)27-19(20)21)10-25-18(23)17-9-13(22)12-4-2-3-5-14(12)26-17/h2-9,19H,10H2,1H3. The molecule has 0 bridgehead atoms. The lowest BCUT2D eigenvalue weighted by Gasteiger charge is -2.11. The van der Waals surface area contributed by atoms with Gasteiger partial charge in [0.15, 0.2) is 16.9 Å². The number of carbonyl (C=O) groups excluding carboxylic acids is 1. The van der Waals surface area contributed by atoms with Crippen molar-refractivity contribution >= 4 is 16.9 Å². The molecular weight excluding hydrogens is 362 g/mol. The third kappa shape index (κ3) is 4.22. The van der Waals surface area contributed by atoms with Crippen LogP contribution in [0.2, 0.25) is 0 Å². The van der Waals surface area contributed by atoms with Crippen LogP contribution < -0.4 is 14.9 Å². The lowest BCUT2D eigenvalue weighted by atomic mass is 10.2. The molecule has 1 aromatic heterocycles. The Bertz CT molecular complexity index is 1030. The second-order valence-corrected chi connectivity index (χ2v) is 5.41. The summed E-state index contributed by atoms with van der Waals surface area (Å²) in [5.74, 6) is -1.13. The molecule has 0 unspecified atom stereocenters. The molecule has 8 heteroatoms. The summed E-state index contributed by atoms with van der Waals surface area (Å²) in [4.78, 5) is 24.2. The number of benzene rings is 2. The van der Waals surface area contributed by atoms with E-state index in [0.29, 0.717) is 10.9 Å². The highest BCUT2D eigenvalue weighted by molar-refractivity contribution is 5.88. The number of methoxy groups -OCH3 is 1. The van der Waals surface area contributed by atoms with Gasteiger partial charge in [-0.15, -0.1) is 0 Å². The fraction of sp³-hybridized carbons (Fsp3) is 0.158. The summed E-state index contributed by atoms with van der Waals surface area (Å²) >= 11 is 0. The number of esters is 1. The number of hydrogen-bond acceptors (Lipinski definition) is 6. The van der Waals surface area contributed by atoms with Crippen LogP contribution in [-0.4, -0.2) is 19.7 Å². The van der Waals surface area contributed by atoms with Gasteiger partial charge in [-0.3, -0.25) is 4.79 Å². The van der Waals surface area contributed by atoms with E-state index in [1.165, 1.54) is 25.3 Å². The van der Waals surface area contributed by atoms with Gasteiger partial charge in [-0.2, -0.15) is 8.78 Å². The Morgan fingerprint density at radius 1 is 1.11 bits per heavy atom. The Balaban J connectivity index is 1.75. The van der Waals surface area contributed by atoms with Crippen LogP contribution in [0.3, 0.4) is 0 Å². The summed E-state index contributed by atoms with van der Waals surface area (Å²) in [6.45, 7) is -3.17. The molecule has 0 radical (unpaired) electrons. The minimum Gasteiger partial charge on any atom is -0.493 e. The van der Waals surface area contributed by atoms with Gasteiger partial charge in [0, 0.05) is 6.07 Å². The number of rotatable bonds is 6. The molecule has 0 aliphatic carbocycles. The Kier molecular flexibility index (Phi) is 5.35. The summed E-state index contributed by atoms with van der Waals surface area (Å²) in [6.07, 6.45) is 0. The second kappa shape index (κ2) is 7.86. The van der Waals surface area contributed by atoms with Crippen molar-refractivity contribution in [3.8, 4) is 11.5 Å². The quantitative estimate of drug-likeness (QED) is 0.610. The molecule has 0 fully saturated rings. The van der Waals surface area contributed by atoms with Crippen LogP contribution in [0.25, 0.3) is 11.0 Å². The molecular formula is C19H14F2O6. The predicted molar refractivity (Wildman–Crippen MR) is 91.2 cm³/mol. The number of hydrogen-bond donors (Lipinski definition) is 0. The number of halogens is 2. The van der Waals surface area contributed by atoms with Crippen LogP contribution in [0.4, 0.5) is 8.78 Å². The van der Waals surface area contributed by atoms with Crippen LogP contribution in [0.1, 0.15) is 16.1 Å². The maximum absolute atomic E-state index is 12.3. The van der Waals surface area contributed by atoms with E-state index >= 15 is 0 Å². The van der Waals surface area contributed by atoms with Gasteiger partial charge in [-0.1, -0.05) is 18.2 Å². The van der Waals surface area contributed by atoms with Crippen molar-refractivity contribution in [2.45, 2.75) is 13.2 Å². The van der Waals surface area contributed by atoms with E-state index in [-0.39, 0.29) is 34.9 Å². The third-order valence-corrected chi connectivity index (χ3v) is 3.65. The lowest BCUT2D eigenvalue weighted by Crippen LogP contribution is -2.10. The minimum absolute atomic E-state index is 0.0705. The molecule has 0 aliphatic rings. The Morgan fingerprint density at radius 3 is 2.63 bits per heavy atom. The van der Waals surface area contributed by atoms with E-state index in [1.54, 1.807) is 24.3 Å². The van der Waals surface area contributed by atoms with Gasteiger partial charge in [-0.05, 0) is 29.8 Å². The Labute approximate surface area is 151 Å². The highest BCUT2D eigenvalue weighted by Crippen LogP contribution is 2.29. The lowest BCUT2D eigenvalue weighted by molar-refractivity contribution is -0.0512. The Hall–Kier alpha value is -3.42. The highest BCUT2D eigenvalue weighted by Gasteiger charge is 2.15. The molecule has 0 atom stereocenters. The van der Waals surface area contributed by atoms with Crippen molar-refractivity contribution in [2.24, 2.45) is 0 Å². The first-order valence-electron chi connectivity index (χ1n) is 7.79. The maximum Gasteiger partial charge on any atom is 0.387 e. The molecule has 0 saturated carbocycles. The molecule has 0 amide bonds. The fourth-order valence-electron chi connectivity index (χ4n) is 2.42. The zero-order valence-corrected chi connectivity index (χ0v) is 14.1. The summed E-state index contributed by atoms with van der Waals surface area (Å²) in [7, 11) is 1.30. The topological polar surface area (TPSA) is 75.0 Å². The van der Waals surface area contributed by atoms with Crippen LogP contribution in [0.5, 0.6) is 11.5 Å². The van der Waals surface area contributed by atoms with Crippen molar-refractivity contribution in [1.82, 2.24) is 0 Å². The molecule has 0 saturated heterocycles. The molecule has 140 valence electrons. The van der Waals surface area contributed by atoms with Crippen LogP contribution in [-0.2, 0) is 11.3 Å². The normalized spacial score (nSPS) is 10.8. The van der Waals surface area contributed by atoms with E-state index < -0.39 is 12.6 Å². The zero-order valence-electron chi connectivity index (χ0n) is 14.1. The number of fused-ring (bicyclic) bond motifs is 1. The zero-order chi connectivity index (χ0) is 19.4. The molecule has 2 aromatic carbocycles. The van der Waals surface area contributed by atoms with Crippen molar-refractivity contribution in [3.63, 3.8) is 0 Å². The van der Waals surface area contributed by atoms with Gasteiger partial charge in [0.05, 0.1) is 12.5 Å². The number of ether oxygens (including phenoxy) is 3. The third-order valence-electron chi connectivity index (χ3n) is 3.65. The molecule has 3 rings (SSSR count). The molecule has 6 nitrogen and oxygen atoms in total. The molecule has 0 spiro atoms. The van der Waals surface area contributed by atoms with E-state index in [9.17, 15) is 18.4 Å². The molecule has 3 aromatic rings. The van der Waals surface area contributed by atoms with Crippen molar-refractivity contribution in [1.29, 1.82) is 0 Å². The average Bonchev–Trinajstić information content (AvgIpc) is 2.66. The minimum atomic E-state index is -2.99. The first kappa shape index (κ1) is 18.4. The second-order valence-electron chi connectivity index (χ2n) is 5.41. The summed E-state index contributed by atoms with van der Waals surface area (Å²) in [6, 6.07) is 11.7. The van der Waals surface area contributed by atoms with E-state index in [2.05, 4.69) is 4.74 Å². The first-order valence-corrected chi connectivity index (χ1v) is 7.79. The van der Waals surface area contributed by atoms with Crippen molar-refractivity contribution in [3.05, 3.63) is 70.1 Å². The fourth-order valence-corrected chi connectivity index (χ4v) is 2.42. The van der Waals surface area contributed by atoms with Gasteiger partial charge in [-0.25, -0.2) is 4.79 Å². The number of carbonyl (C=O) groups is 1. The van der Waals surface area contributed by atoms with Gasteiger partial charge < -0.3 is 18.6 Å². The maximum atomic E-state index is 12.3. The predicted octanol–water partition coefficient (Wildman–Crippen LogP) is 3.76. The van der Waals surface area contributed by atoms with E-state index in [1.807, 2.05) is 0 Å². The summed E-state index contributed by atoms with van der Waals surface area (Å²) in [5, 5.41) is 0.355. The summed E-state index contributed by atoms with van der Waals surface area (Å²) < 4.78 is 44.5. The number of para-hydroxylation sites is 1. The summed E-state index contributed by atoms with van der Waals surface area (Å²) in [5.41, 5.74) is 0.385. The first-order chi connectivity index (χ1) is 13.0. The molecule has 0 aliphatic heterocycles. The van der Waals surface area contributed by atoms with Crippen LogP contribution >= 0.6 is 0 Å². The monoisotopic (exact) mass is 376 g/mol.